The molecule has 1 fully saturated rings. The highest BCUT2D eigenvalue weighted by Gasteiger charge is 2.22. The third kappa shape index (κ3) is 3.82. The van der Waals surface area contributed by atoms with Gasteiger partial charge in [-0.05, 0) is 44.1 Å². The number of likely N-dealkylation sites (tertiary alicyclic amines) is 1. The van der Waals surface area contributed by atoms with Crippen LogP contribution in [-0.2, 0) is 18.0 Å². The SMILES string of the molecule is O=c1nc(-c2ccccc2)c2c(c3cc(Cl)ccc3n2CCOO)n1CCN1CCCC1. The minimum atomic E-state index is -0.270. The molecule has 7 nitrogen and oxygen atoms in total. The Morgan fingerprint density at radius 1 is 0.969 bits per heavy atom. The number of rotatable bonds is 7. The van der Waals surface area contributed by atoms with Crippen molar-refractivity contribution >= 4 is 33.5 Å². The summed E-state index contributed by atoms with van der Waals surface area (Å²) in [5.41, 5.74) is 3.79. The second kappa shape index (κ2) is 9.03. The van der Waals surface area contributed by atoms with Crippen LogP contribution in [0.2, 0.25) is 5.02 Å². The van der Waals surface area contributed by atoms with Gasteiger partial charge in [0.15, 0.2) is 0 Å². The second-order valence-electron chi connectivity index (χ2n) is 8.15. The van der Waals surface area contributed by atoms with Crippen molar-refractivity contribution in [1.29, 1.82) is 0 Å². The van der Waals surface area contributed by atoms with E-state index in [4.69, 9.17) is 16.9 Å². The molecule has 1 saturated heterocycles. The maximum atomic E-state index is 13.3. The summed E-state index contributed by atoms with van der Waals surface area (Å²) in [7, 11) is 0. The van der Waals surface area contributed by atoms with E-state index in [2.05, 4.69) is 19.3 Å². The molecule has 1 aliphatic heterocycles. The van der Waals surface area contributed by atoms with E-state index in [1.54, 1.807) is 4.57 Å². The van der Waals surface area contributed by atoms with Gasteiger partial charge in [-0.1, -0.05) is 41.9 Å². The third-order valence-electron chi connectivity index (χ3n) is 6.22. The predicted octanol–water partition coefficient (Wildman–Crippen LogP) is 4.26. The van der Waals surface area contributed by atoms with Crippen molar-refractivity contribution in [1.82, 2.24) is 19.0 Å². The molecular weight excluding hydrogens is 428 g/mol. The van der Waals surface area contributed by atoms with Crippen molar-refractivity contribution in [3.05, 3.63) is 64.0 Å². The minimum Gasteiger partial charge on any atom is -0.335 e. The quantitative estimate of drug-likeness (QED) is 0.335. The van der Waals surface area contributed by atoms with Crippen LogP contribution >= 0.6 is 11.6 Å². The van der Waals surface area contributed by atoms with Crippen LogP contribution in [0.25, 0.3) is 33.2 Å². The summed E-state index contributed by atoms with van der Waals surface area (Å²) >= 11 is 6.38. The fourth-order valence-corrected chi connectivity index (χ4v) is 4.92. The second-order valence-corrected chi connectivity index (χ2v) is 8.59. The Morgan fingerprint density at radius 2 is 1.75 bits per heavy atom. The summed E-state index contributed by atoms with van der Waals surface area (Å²) in [6.45, 7) is 4.00. The first-order valence-corrected chi connectivity index (χ1v) is 11.3. The average Bonchev–Trinajstić information content (AvgIpc) is 3.43. The zero-order valence-electron chi connectivity index (χ0n) is 17.7. The van der Waals surface area contributed by atoms with E-state index < -0.39 is 0 Å². The highest BCUT2D eigenvalue weighted by atomic mass is 35.5. The Labute approximate surface area is 190 Å². The molecule has 0 amide bonds. The lowest BCUT2D eigenvalue weighted by Crippen LogP contribution is -2.31. The minimum absolute atomic E-state index is 0.114. The number of aromatic nitrogens is 3. The topological polar surface area (TPSA) is 72.5 Å². The van der Waals surface area contributed by atoms with Gasteiger partial charge in [-0.15, -0.1) is 0 Å². The molecule has 0 aliphatic carbocycles. The zero-order valence-corrected chi connectivity index (χ0v) is 18.5. The smallest absolute Gasteiger partial charge is 0.335 e. The molecule has 166 valence electrons. The van der Waals surface area contributed by atoms with Crippen LogP contribution in [0, 0.1) is 0 Å². The van der Waals surface area contributed by atoms with Gasteiger partial charge in [-0.2, -0.15) is 4.98 Å². The van der Waals surface area contributed by atoms with Crippen LogP contribution in [0.15, 0.2) is 53.3 Å². The van der Waals surface area contributed by atoms with E-state index >= 15 is 0 Å². The Kier molecular flexibility index (Phi) is 5.97. The van der Waals surface area contributed by atoms with Crippen LogP contribution < -0.4 is 5.69 Å². The fraction of sp³-hybridized carbons (Fsp3) is 0.333. The van der Waals surface area contributed by atoms with E-state index in [1.807, 2.05) is 48.5 Å². The lowest BCUT2D eigenvalue weighted by molar-refractivity contribution is -0.243. The first-order valence-electron chi connectivity index (χ1n) is 10.9. The standard InChI is InChI=1S/C24H25ClN4O3/c25-18-8-9-20-19(16-18)22-23(28(20)14-15-32-31)21(17-6-2-1-3-7-17)26-24(30)29(22)13-12-27-10-4-5-11-27/h1-3,6-9,16,31H,4-5,10-15H2. The molecule has 2 aromatic heterocycles. The highest BCUT2D eigenvalue weighted by molar-refractivity contribution is 6.31. The van der Waals surface area contributed by atoms with Gasteiger partial charge >= 0.3 is 5.69 Å². The van der Waals surface area contributed by atoms with Crippen molar-refractivity contribution < 1.29 is 10.1 Å². The molecule has 8 heteroatoms. The van der Waals surface area contributed by atoms with Crippen molar-refractivity contribution in [2.24, 2.45) is 0 Å². The molecule has 0 bridgehead atoms. The zero-order chi connectivity index (χ0) is 22.1. The van der Waals surface area contributed by atoms with Gasteiger partial charge in [-0.25, -0.2) is 9.68 Å². The predicted molar refractivity (Wildman–Crippen MR) is 126 cm³/mol. The molecule has 0 radical (unpaired) electrons. The van der Waals surface area contributed by atoms with E-state index in [-0.39, 0.29) is 12.3 Å². The summed E-state index contributed by atoms with van der Waals surface area (Å²) in [4.78, 5) is 24.6. The molecule has 0 saturated carbocycles. The summed E-state index contributed by atoms with van der Waals surface area (Å²) in [6, 6.07) is 15.4. The summed E-state index contributed by atoms with van der Waals surface area (Å²) < 4.78 is 3.83. The number of fused-ring (bicyclic) bond motifs is 3. The van der Waals surface area contributed by atoms with Crippen molar-refractivity contribution in [2.75, 3.05) is 26.2 Å². The molecule has 0 spiro atoms. The molecule has 4 aromatic rings. The molecule has 2 aromatic carbocycles. The first-order chi connectivity index (χ1) is 15.7. The van der Waals surface area contributed by atoms with Crippen LogP contribution in [0.5, 0.6) is 0 Å². The van der Waals surface area contributed by atoms with E-state index in [1.165, 1.54) is 12.8 Å². The number of halogens is 1. The fourth-order valence-electron chi connectivity index (χ4n) is 4.74. The van der Waals surface area contributed by atoms with Crippen LogP contribution in [0.1, 0.15) is 12.8 Å². The summed E-state index contributed by atoms with van der Waals surface area (Å²) in [5, 5.41) is 10.5. The van der Waals surface area contributed by atoms with Crippen LogP contribution in [0.3, 0.4) is 0 Å². The van der Waals surface area contributed by atoms with Gasteiger partial charge in [-0.3, -0.25) is 9.82 Å². The van der Waals surface area contributed by atoms with E-state index in [9.17, 15) is 4.79 Å². The van der Waals surface area contributed by atoms with Gasteiger partial charge in [0, 0.05) is 35.6 Å². The molecule has 1 N–H and O–H groups in total. The Morgan fingerprint density at radius 3 is 2.50 bits per heavy atom. The van der Waals surface area contributed by atoms with Crippen LogP contribution in [0.4, 0.5) is 0 Å². The van der Waals surface area contributed by atoms with E-state index in [0.717, 1.165) is 47.1 Å². The maximum absolute atomic E-state index is 13.3. The lowest BCUT2D eigenvalue weighted by atomic mass is 10.1. The van der Waals surface area contributed by atoms with Crippen molar-refractivity contribution in [2.45, 2.75) is 25.9 Å². The normalized spacial score (nSPS) is 14.7. The monoisotopic (exact) mass is 452 g/mol. The number of benzene rings is 2. The largest absolute Gasteiger partial charge is 0.348 e. The number of hydrogen-bond donors (Lipinski definition) is 1. The van der Waals surface area contributed by atoms with E-state index in [0.29, 0.717) is 23.8 Å². The molecule has 1 aliphatic rings. The number of hydrogen-bond acceptors (Lipinski definition) is 5. The van der Waals surface area contributed by atoms with Gasteiger partial charge in [0.1, 0.15) is 5.69 Å². The third-order valence-corrected chi connectivity index (χ3v) is 6.46. The lowest BCUT2D eigenvalue weighted by Gasteiger charge is -2.17. The maximum Gasteiger partial charge on any atom is 0.348 e. The van der Waals surface area contributed by atoms with Crippen LogP contribution in [-0.4, -0.2) is 50.5 Å². The summed E-state index contributed by atoms with van der Waals surface area (Å²) in [5.74, 6) is 0. The average molecular weight is 453 g/mol. The molecule has 0 unspecified atom stereocenters. The highest BCUT2D eigenvalue weighted by Crippen LogP contribution is 2.35. The Bertz CT molecular complexity index is 1310. The molecular formula is C24H25ClN4O3. The molecule has 32 heavy (non-hydrogen) atoms. The molecule has 3 heterocycles. The Balaban J connectivity index is 1.80. The van der Waals surface area contributed by atoms with Crippen molar-refractivity contribution in [3.63, 3.8) is 0 Å². The van der Waals surface area contributed by atoms with Crippen molar-refractivity contribution in [3.8, 4) is 11.3 Å². The summed E-state index contributed by atoms with van der Waals surface area (Å²) in [6.07, 6.45) is 2.40. The number of nitrogens with zero attached hydrogens (tertiary/aromatic N) is 4. The van der Waals surface area contributed by atoms with Gasteiger partial charge in [0.25, 0.3) is 0 Å². The van der Waals surface area contributed by atoms with Gasteiger partial charge < -0.3 is 9.47 Å². The first kappa shape index (κ1) is 21.2. The van der Waals surface area contributed by atoms with Gasteiger partial charge in [0.2, 0.25) is 0 Å². The molecule has 5 rings (SSSR count). The van der Waals surface area contributed by atoms with Gasteiger partial charge in [0.05, 0.1) is 23.2 Å². The molecule has 0 atom stereocenters. The Hall–Kier alpha value is -2.71.